The third kappa shape index (κ3) is 0.814. The molecule has 0 spiro atoms. The first-order valence-electron chi connectivity index (χ1n) is 2.24. The molecule has 0 bridgehead atoms. The lowest BCUT2D eigenvalue weighted by atomic mass is 10.2. The molecular formula is C5H7N. The fourth-order valence-corrected chi connectivity index (χ4v) is 0.466. The van der Waals surface area contributed by atoms with E-state index in [1.165, 1.54) is 6.42 Å². The molecule has 6 heavy (non-hydrogen) atoms. The molecule has 0 aliphatic carbocycles. The lowest BCUT2D eigenvalue weighted by Crippen LogP contribution is -1.84. The van der Waals surface area contributed by atoms with Gasteiger partial charge in [0.1, 0.15) is 6.54 Å². The normalized spacial score (nSPS) is 21.3. The van der Waals surface area contributed by atoms with Crippen molar-refractivity contribution in [2.75, 3.05) is 0 Å². The minimum absolute atomic E-state index is 1.05. The quantitative estimate of drug-likeness (QED) is 0.416. The molecule has 0 N–H and O–H groups in total. The van der Waals surface area contributed by atoms with Crippen molar-refractivity contribution in [2.45, 2.75) is 19.3 Å². The second kappa shape index (κ2) is 1.96. The minimum atomic E-state index is 1.05. The van der Waals surface area contributed by atoms with Gasteiger partial charge in [-0.25, -0.2) is 0 Å². The Morgan fingerprint density at radius 3 is 2.83 bits per heavy atom. The van der Waals surface area contributed by atoms with E-state index in [4.69, 9.17) is 0 Å². The largest absolute Gasteiger partial charge is 0.286 e. The molecule has 1 heteroatoms. The Morgan fingerprint density at radius 1 is 1.67 bits per heavy atom. The van der Waals surface area contributed by atoms with Crippen LogP contribution in [0.1, 0.15) is 19.3 Å². The highest BCUT2D eigenvalue weighted by atomic mass is 14.7. The van der Waals surface area contributed by atoms with E-state index in [1.54, 1.807) is 0 Å². The molecule has 0 saturated carbocycles. The molecule has 0 aromatic heterocycles. The molecule has 32 valence electrons. The van der Waals surface area contributed by atoms with Gasteiger partial charge in [-0.3, -0.25) is 4.99 Å². The number of rotatable bonds is 0. The third-order valence-electron chi connectivity index (χ3n) is 0.804. The fraction of sp³-hybridized carbons (Fsp3) is 0.600. The second-order valence-corrected chi connectivity index (χ2v) is 1.36. The van der Waals surface area contributed by atoms with Crippen LogP contribution in [0.5, 0.6) is 0 Å². The lowest BCUT2D eigenvalue weighted by molar-refractivity contribution is 0.818. The highest BCUT2D eigenvalue weighted by Gasteiger charge is 1.89. The summed E-state index contributed by atoms with van der Waals surface area (Å²) < 4.78 is 0. The minimum Gasteiger partial charge on any atom is -0.286 e. The standard InChI is InChI=1S/C5H7N/c1-2-4-6-5-3-1/h4H,1-3H2. The summed E-state index contributed by atoms with van der Waals surface area (Å²) in [5.41, 5.74) is 0. The van der Waals surface area contributed by atoms with Crippen LogP contribution in [-0.4, -0.2) is 6.21 Å². The SMILES string of the molecule is [C]1CCCC=N1. The Balaban J connectivity index is 2.26. The maximum Gasteiger partial charge on any atom is 0.115 e. The van der Waals surface area contributed by atoms with E-state index in [-0.39, 0.29) is 0 Å². The van der Waals surface area contributed by atoms with Crippen molar-refractivity contribution in [1.29, 1.82) is 0 Å². The zero-order valence-corrected chi connectivity index (χ0v) is 3.65. The molecule has 1 aliphatic rings. The van der Waals surface area contributed by atoms with Gasteiger partial charge < -0.3 is 0 Å². The van der Waals surface area contributed by atoms with Crippen molar-refractivity contribution in [2.24, 2.45) is 4.99 Å². The number of aliphatic imine (C=N–C) groups is 1. The molecule has 2 radical (unpaired) electrons. The number of hydrogen-bond acceptors (Lipinski definition) is 1. The van der Waals surface area contributed by atoms with Crippen LogP contribution in [0.4, 0.5) is 0 Å². The Hall–Kier alpha value is -0.330. The fourth-order valence-electron chi connectivity index (χ4n) is 0.466. The molecule has 0 atom stereocenters. The van der Waals surface area contributed by atoms with Crippen molar-refractivity contribution < 1.29 is 0 Å². The summed E-state index contributed by atoms with van der Waals surface area (Å²) in [5, 5.41) is 0. The summed E-state index contributed by atoms with van der Waals surface area (Å²) >= 11 is 0. The van der Waals surface area contributed by atoms with Crippen molar-refractivity contribution in [3.05, 3.63) is 6.54 Å². The topological polar surface area (TPSA) is 12.4 Å². The van der Waals surface area contributed by atoms with Gasteiger partial charge in [-0.05, 0) is 25.5 Å². The van der Waals surface area contributed by atoms with Crippen molar-refractivity contribution >= 4 is 6.21 Å². The molecule has 1 heterocycles. The number of nitrogens with zero attached hydrogens (tertiary/aromatic N) is 1. The maximum absolute atomic E-state index is 3.80. The average molecular weight is 81.1 g/mol. The summed E-state index contributed by atoms with van der Waals surface area (Å²) in [6, 6.07) is 0. The summed E-state index contributed by atoms with van der Waals surface area (Å²) in [5.74, 6) is 0. The predicted octanol–water partition coefficient (Wildman–Crippen LogP) is 1.28. The van der Waals surface area contributed by atoms with Gasteiger partial charge in [-0.15, -0.1) is 0 Å². The smallest absolute Gasteiger partial charge is 0.115 e. The molecule has 0 fully saturated rings. The van der Waals surface area contributed by atoms with Crippen LogP contribution < -0.4 is 0 Å². The van der Waals surface area contributed by atoms with Crippen LogP contribution in [0.15, 0.2) is 4.99 Å². The van der Waals surface area contributed by atoms with Crippen LogP contribution in [0.2, 0.25) is 0 Å². The van der Waals surface area contributed by atoms with Gasteiger partial charge in [0.25, 0.3) is 0 Å². The molecule has 0 amide bonds. The van der Waals surface area contributed by atoms with Gasteiger partial charge in [-0.2, -0.15) is 0 Å². The van der Waals surface area contributed by atoms with Gasteiger partial charge >= 0.3 is 0 Å². The van der Waals surface area contributed by atoms with E-state index in [9.17, 15) is 0 Å². The Morgan fingerprint density at radius 2 is 2.67 bits per heavy atom. The predicted molar refractivity (Wildman–Crippen MR) is 25.6 cm³/mol. The molecule has 0 saturated heterocycles. The van der Waals surface area contributed by atoms with Crippen molar-refractivity contribution in [3.63, 3.8) is 0 Å². The van der Waals surface area contributed by atoms with E-state index in [1.807, 2.05) is 6.21 Å². The molecule has 0 aromatic carbocycles. The first kappa shape index (κ1) is 3.85. The Kier molecular flexibility index (Phi) is 1.25. The van der Waals surface area contributed by atoms with E-state index < -0.39 is 0 Å². The van der Waals surface area contributed by atoms with Crippen LogP contribution in [-0.2, 0) is 0 Å². The molecule has 0 unspecified atom stereocenters. The highest BCUT2D eigenvalue weighted by molar-refractivity contribution is 5.58. The van der Waals surface area contributed by atoms with E-state index in [0.29, 0.717) is 0 Å². The lowest BCUT2D eigenvalue weighted by Gasteiger charge is -1.95. The summed E-state index contributed by atoms with van der Waals surface area (Å²) in [6.07, 6.45) is 5.34. The van der Waals surface area contributed by atoms with Crippen molar-refractivity contribution in [1.82, 2.24) is 0 Å². The maximum atomic E-state index is 3.80. The van der Waals surface area contributed by atoms with Crippen LogP contribution >= 0.6 is 0 Å². The summed E-state index contributed by atoms with van der Waals surface area (Å²) in [4.78, 5) is 3.80. The van der Waals surface area contributed by atoms with E-state index in [2.05, 4.69) is 11.5 Å². The summed E-state index contributed by atoms with van der Waals surface area (Å²) in [7, 11) is 0. The first-order chi connectivity index (χ1) is 3.00. The van der Waals surface area contributed by atoms with Gasteiger partial charge in [0.05, 0.1) is 0 Å². The van der Waals surface area contributed by atoms with Crippen LogP contribution in [0.25, 0.3) is 0 Å². The van der Waals surface area contributed by atoms with E-state index >= 15 is 0 Å². The van der Waals surface area contributed by atoms with Gasteiger partial charge in [0.2, 0.25) is 0 Å². The van der Waals surface area contributed by atoms with E-state index in [0.717, 1.165) is 12.8 Å². The summed E-state index contributed by atoms with van der Waals surface area (Å²) in [6.45, 7) is 2.85. The van der Waals surface area contributed by atoms with Crippen molar-refractivity contribution in [3.8, 4) is 0 Å². The molecule has 0 aromatic rings. The van der Waals surface area contributed by atoms with Crippen LogP contribution in [0.3, 0.4) is 0 Å². The second-order valence-electron chi connectivity index (χ2n) is 1.36. The van der Waals surface area contributed by atoms with Gasteiger partial charge in [0.15, 0.2) is 0 Å². The highest BCUT2D eigenvalue weighted by Crippen LogP contribution is 2.02. The Bertz CT molecular complexity index is 49.0. The van der Waals surface area contributed by atoms with Gasteiger partial charge in [0, 0.05) is 0 Å². The Labute approximate surface area is 38.1 Å². The molecule has 1 rings (SSSR count). The van der Waals surface area contributed by atoms with Gasteiger partial charge in [-0.1, -0.05) is 0 Å². The zero-order chi connectivity index (χ0) is 4.24. The molecular weight excluding hydrogens is 74.1 g/mol. The monoisotopic (exact) mass is 81.1 g/mol. The molecule has 1 nitrogen and oxygen atoms in total. The molecule has 1 aliphatic heterocycles. The van der Waals surface area contributed by atoms with Crippen LogP contribution in [0, 0.1) is 6.54 Å². The number of hydrogen-bond donors (Lipinski definition) is 0. The third-order valence-corrected chi connectivity index (χ3v) is 0.804. The zero-order valence-electron chi connectivity index (χ0n) is 3.65. The average Bonchev–Trinajstić information content (AvgIpc) is 1.72. The first-order valence-corrected chi connectivity index (χ1v) is 2.24.